The summed E-state index contributed by atoms with van der Waals surface area (Å²) in [5, 5.41) is 8.42. The molecule has 80 valence electrons. The lowest BCUT2D eigenvalue weighted by Crippen LogP contribution is -2.42. The Bertz CT molecular complexity index is 228. The third-order valence-electron chi connectivity index (χ3n) is 1.58. The quantitative estimate of drug-likeness (QED) is 0.464. The SMILES string of the molecule is CCOC(=O)C(C)N(C=O)CC(=O)O. The average Bonchev–Trinajstić information content (AvgIpc) is 2.13. The lowest BCUT2D eigenvalue weighted by molar-refractivity contribution is -0.153. The zero-order valence-corrected chi connectivity index (χ0v) is 8.10. The Labute approximate surface area is 81.4 Å². The van der Waals surface area contributed by atoms with E-state index in [1.54, 1.807) is 6.92 Å². The molecule has 0 aliphatic heterocycles. The van der Waals surface area contributed by atoms with Crippen molar-refractivity contribution in [3.05, 3.63) is 0 Å². The molecular weight excluding hydrogens is 190 g/mol. The molecule has 1 atom stereocenters. The van der Waals surface area contributed by atoms with Gasteiger partial charge in [0.2, 0.25) is 6.41 Å². The summed E-state index contributed by atoms with van der Waals surface area (Å²) >= 11 is 0. The van der Waals surface area contributed by atoms with Gasteiger partial charge in [0.25, 0.3) is 0 Å². The fourth-order valence-corrected chi connectivity index (χ4v) is 0.820. The molecule has 6 nitrogen and oxygen atoms in total. The van der Waals surface area contributed by atoms with Crippen LogP contribution < -0.4 is 0 Å². The summed E-state index contributed by atoms with van der Waals surface area (Å²) in [5.41, 5.74) is 0. The molecule has 0 aliphatic rings. The van der Waals surface area contributed by atoms with Crippen molar-refractivity contribution in [2.45, 2.75) is 19.9 Å². The van der Waals surface area contributed by atoms with Crippen molar-refractivity contribution < 1.29 is 24.2 Å². The summed E-state index contributed by atoms with van der Waals surface area (Å²) in [7, 11) is 0. The first kappa shape index (κ1) is 12.4. The third kappa shape index (κ3) is 3.88. The predicted octanol–water partition coefficient (Wildman–Crippen LogP) is -0.519. The van der Waals surface area contributed by atoms with Gasteiger partial charge < -0.3 is 14.7 Å². The van der Waals surface area contributed by atoms with Gasteiger partial charge in [-0.1, -0.05) is 0 Å². The van der Waals surface area contributed by atoms with Gasteiger partial charge in [-0.3, -0.25) is 9.59 Å². The van der Waals surface area contributed by atoms with E-state index in [-0.39, 0.29) is 6.61 Å². The maximum absolute atomic E-state index is 11.1. The number of nitrogens with zero attached hydrogens (tertiary/aromatic N) is 1. The number of rotatable bonds is 6. The Kier molecular flexibility index (Phi) is 5.28. The molecule has 0 spiro atoms. The van der Waals surface area contributed by atoms with Crippen LogP contribution in [0.1, 0.15) is 13.8 Å². The minimum absolute atomic E-state index is 0.197. The molecule has 0 aromatic carbocycles. The van der Waals surface area contributed by atoms with Crippen molar-refractivity contribution in [3.63, 3.8) is 0 Å². The molecule has 1 N–H and O–H groups in total. The van der Waals surface area contributed by atoms with Crippen LogP contribution in [-0.4, -0.2) is 47.5 Å². The van der Waals surface area contributed by atoms with Crippen LogP contribution in [0.25, 0.3) is 0 Å². The summed E-state index contributed by atoms with van der Waals surface area (Å²) in [4.78, 5) is 32.7. The van der Waals surface area contributed by atoms with Crippen LogP contribution in [0.15, 0.2) is 0 Å². The summed E-state index contributed by atoms with van der Waals surface area (Å²) < 4.78 is 4.64. The van der Waals surface area contributed by atoms with Gasteiger partial charge >= 0.3 is 11.9 Å². The first-order valence-corrected chi connectivity index (χ1v) is 4.12. The summed E-state index contributed by atoms with van der Waals surface area (Å²) in [5.74, 6) is -1.78. The van der Waals surface area contributed by atoms with Crippen molar-refractivity contribution in [2.24, 2.45) is 0 Å². The van der Waals surface area contributed by atoms with E-state index in [0.717, 1.165) is 4.90 Å². The highest BCUT2D eigenvalue weighted by Gasteiger charge is 2.22. The molecule has 0 radical (unpaired) electrons. The van der Waals surface area contributed by atoms with E-state index in [2.05, 4.69) is 4.74 Å². The Hall–Kier alpha value is -1.59. The number of esters is 1. The Morgan fingerprint density at radius 2 is 2.14 bits per heavy atom. The normalized spacial score (nSPS) is 11.6. The monoisotopic (exact) mass is 203 g/mol. The highest BCUT2D eigenvalue weighted by molar-refractivity contribution is 5.80. The maximum Gasteiger partial charge on any atom is 0.328 e. The van der Waals surface area contributed by atoms with Gasteiger partial charge in [-0.15, -0.1) is 0 Å². The minimum Gasteiger partial charge on any atom is -0.480 e. The molecule has 0 saturated heterocycles. The van der Waals surface area contributed by atoms with Crippen molar-refractivity contribution in [3.8, 4) is 0 Å². The van der Waals surface area contributed by atoms with Crippen LogP contribution >= 0.6 is 0 Å². The van der Waals surface area contributed by atoms with Gasteiger partial charge in [0.1, 0.15) is 12.6 Å². The van der Waals surface area contributed by atoms with E-state index < -0.39 is 24.5 Å². The molecule has 0 saturated carbocycles. The summed E-state index contributed by atoms with van der Waals surface area (Å²) in [6.45, 7) is 2.73. The number of hydrogen-bond donors (Lipinski definition) is 1. The van der Waals surface area contributed by atoms with Crippen LogP contribution in [0, 0.1) is 0 Å². The van der Waals surface area contributed by atoms with Crippen molar-refractivity contribution in [1.29, 1.82) is 0 Å². The second-order valence-electron chi connectivity index (χ2n) is 2.60. The zero-order chi connectivity index (χ0) is 11.1. The molecule has 1 unspecified atom stereocenters. The number of carboxylic acid groups (broad SMARTS) is 1. The molecular formula is C8H13NO5. The van der Waals surface area contributed by atoms with Gasteiger partial charge in [-0.25, -0.2) is 4.79 Å². The highest BCUT2D eigenvalue weighted by Crippen LogP contribution is 1.98. The number of ether oxygens (including phenoxy) is 1. The standard InChI is InChI=1S/C8H13NO5/c1-3-14-8(13)6(2)9(5-10)4-7(11)12/h5-6H,3-4H2,1-2H3,(H,11,12). The topological polar surface area (TPSA) is 83.9 Å². The Balaban J connectivity index is 4.29. The van der Waals surface area contributed by atoms with E-state index in [1.807, 2.05) is 0 Å². The summed E-state index contributed by atoms with van der Waals surface area (Å²) in [6.07, 6.45) is 0.315. The number of aliphatic carboxylic acids is 1. The molecule has 14 heavy (non-hydrogen) atoms. The number of carbonyl (C=O) groups excluding carboxylic acids is 2. The third-order valence-corrected chi connectivity index (χ3v) is 1.58. The van der Waals surface area contributed by atoms with E-state index in [1.165, 1.54) is 6.92 Å². The molecule has 0 fully saturated rings. The van der Waals surface area contributed by atoms with Gasteiger partial charge in [-0.05, 0) is 13.8 Å². The molecule has 0 aromatic rings. The van der Waals surface area contributed by atoms with Crippen molar-refractivity contribution in [1.82, 2.24) is 4.90 Å². The molecule has 0 heterocycles. The largest absolute Gasteiger partial charge is 0.480 e. The van der Waals surface area contributed by atoms with Gasteiger partial charge in [-0.2, -0.15) is 0 Å². The van der Waals surface area contributed by atoms with Crippen LogP contribution in [0.4, 0.5) is 0 Å². The van der Waals surface area contributed by atoms with Gasteiger partial charge in [0, 0.05) is 0 Å². The fourth-order valence-electron chi connectivity index (χ4n) is 0.820. The Morgan fingerprint density at radius 3 is 2.50 bits per heavy atom. The molecule has 0 aliphatic carbocycles. The predicted molar refractivity (Wildman–Crippen MR) is 46.5 cm³/mol. The van der Waals surface area contributed by atoms with E-state index in [9.17, 15) is 14.4 Å². The molecule has 0 rings (SSSR count). The van der Waals surface area contributed by atoms with E-state index >= 15 is 0 Å². The molecule has 0 bridgehead atoms. The van der Waals surface area contributed by atoms with Crippen LogP contribution in [0.2, 0.25) is 0 Å². The highest BCUT2D eigenvalue weighted by atomic mass is 16.5. The number of carbonyl (C=O) groups is 3. The first-order valence-electron chi connectivity index (χ1n) is 4.12. The smallest absolute Gasteiger partial charge is 0.328 e. The lowest BCUT2D eigenvalue weighted by atomic mass is 10.3. The number of hydrogen-bond acceptors (Lipinski definition) is 4. The van der Waals surface area contributed by atoms with Gasteiger partial charge in [0.15, 0.2) is 0 Å². The molecule has 6 heteroatoms. The fraction of sp³-hybridized carbons (Fsp3) is 0.625. The van der Waals surface area contributed by atoms with E-state index in [0.29, 0.717) is 6.41 Å². The molecule has 0 aromatic heterocycles. The summed E-state index contributed by atoms with van der Waals surface area (Å²) in [6, 6.07) is -0.872. The van der Waals surface area contributed by atoms with Gasteiger partial charge in [0.05, 0.1) is 6.61 Å². The average molecular weight is 203 g/mol. The second-order valence-corrected chi connectivity index (χ2v) is 2.60. The van der Waals surface area contributed by atoms with Crippen molar-refractivity contribution >= 4 is 18.3 Å². The van der Waals surface area contributed by atoms with Crippen LogP contribution in [0.5, 0.6) is 0 Å². The second kappa shape index (κ2) is 5.95. The van der Waals surface area contributed by atoms with Crippen LogP contribution in [0.3, 0.4) is 0 Å². The number of carboxylic acids is 1. The number of amides is 1. The molecule has 1 amide bonds. The lowest BCUT2D eigenvalue weighted by Gasteiger charge is -2.21. The van der Waals surface area contributed by atoms with Crippen molar-refractivity contribution in [2.75, 3.05) is 13.2 Å². The van der Waals surface area contributed by atoms with Crippen LogP contribution in [-0.2, 0) is 19.1 Å². The first-order chi connectivity index (χ1) is 6.52. The maximum atomic E-state index is 11.1. The minimum atomic E-state index is -1.17. The Morgan fingerprint density at radius 1 is 1.57 bits per heavy atom. The van der Waals surface area contributed by atoms with E-state index in [4.69, 9.17) is 5.11 Å². The zero-order valence-electron chi connectivity index (χ0n) is 8.10.